The van der Waals surface area contributed by atoms with E-state index in [1.807, 2.05) is 6.20 Å². The van der Waals surface area contributed by atoms with E-state index in [1.54, 1.807) is 0 Å². The molecule has 9 rings (SSSR count). The zero-order valence-electron chi connectivity index (χ0n) is 32.4. The third-order valence-electron chi connectivity index (χ3n) is 10.8. The number of ether oxygens (including phenoxy) is 1. The van der Waals surface area contributed by atoms with E-state index in [0.29, 0.717) is 6.67 Å². The number of pyridine rings is 1. The van der Waals surface area contributed by atoms with Crippen molar-refractivity contribution in [2.75, 3.05) is 16.5 Å². The van der Waals surface area contributed by atoms with E-state index in [4.69, 9.17) is 9.72 Å². The van der Waals surface area contributed by atoms with E-state index >= 15 is 0 Å². The van der Waals surface area contributed by atoms with Gasteiger partial charge in [0.1, 0.15) is 24.0 Å². The second-order valence-corrected chi connectivity index (χ2v) is 16.7. The fraction of sp³-hybridized carbons (Fsp3) is 0.180. The van der Waals surface area contributed by atoms with Gasteiger partial charge in [0.2, 0.25) is 0 Å². The second kappa shape index (κ2) is 13.2. The highest BCUT2D eigenvalue weighted by Gasteiger charge is 2.29. The predicted octanol–water partition coefficient (Wildman–Crippen LogP) is 13.5. The number of para-hydroxylation sites is 3. The summed E-state index contributed by atoms with van der Waals surface area (Å²) in [5, 5.41) is 2.35. The molecule has 0 bridgehead atoms. The molecule has 6 aromatic carbocycles. The summed E-state index contributed by atoms with van der Waals surface area (Å²) < 4.78 is 9.16. The molecule has 1 aliphatic heterocycles. The molecule has 8 aromatic rings. The van der Waals surface area contributed by atoms with Gasteiger partial charge in [-0.15, -0.1) is 0 Å². The van der Waals surface area contributed by atoms with Gasteiger partial charge in [-0.1, -0.05) is 114 Å². The maximum absolute atomic E-state index is 6.89. The largest absolute Gasteiger partial charge is 0.457 e. The first-order valence-corrected chi connectivity index (χ1v) is 19.1. The average molecular weight is 719 g/mol. The number of fused-ring (bicyclic) bond motifs is 4. The van der Waals surface area contributed by atoms with E-state index in [-0.39, 0.29) is 10.8 Å². The normalized spacial score (nSPS) is 13.1. The maximum Gasteiger partial charge on any atom is 0.137 e. The van der Waals surface area contributed by atoms with Crippen LogP contribution >= 0.6 is 0 Å². The van der Waals surface area contributed by atoms with Crippen molar-refractivity contribution in [3.63, 3.8) is 0 Å². The minimum Gasteiger partial charge on any atom is -0.457 e. The molecule has 0 fully saturated rings. The van der Waals surface area contributed by atoms with E-state index in [9.17, 15) is 0 Å². The van der Waals surface area contributed by atoms with Gasteiger partial charge in [0, 0.05) is 40.5 Å². The molecule has 272 valence electrons. The highest BCUT2D eigenvalue weighted by atomic mass is 16.5. The zero-order valence-corrected chi connectivity index (χ0v) is 32.4. The summed E-state index contributed by atoms with van der Waals surface area (Å²) in [7, 11) is 0. The van der Waals surface area contributed by atoms with Crippen LogP contribution in [0.4, 0.5) is 22.7 Å². The maximum atomic E-state index is 6.89. The van der Waals surface area contributed by atoms with Crippen molar-refractivity contribution in [2.45, 2.75) is 52.4 Å². The lowest BCUT2D eigenvalue weighted by atomic mass is 9.87. The summed E-state index contributed by atoms with van der Waals surface area (Å²) in [5.74, 6) is 2.44. The molecular formula is C50H46N4O. The van der Waals surface area contributed by atoms with Crippen LogP contribution in [-0.2, 0) is 10.8 Å². The Morgan fingerprint density at radius 2 is 1.16 bits per heavy atom. The summed E-state index contributed by atoms with van der Waals surface area (Å²) in [6.07, 6.45) is 1.92. The Morgan fingerprint density at radius 1 is 0.491 bits per heavy atom. The van der Waals surface area contributed by atoms with Crippen LogP contribution in [-0.4, -0.2) is 16.2 Å². The number of hydrogen-bond acceptors (Lipinski definition) is 4. The van der Waals surface area contributed by atoms with Crippen LogP contribution in [0.25, 0.3) is 38.8 Å². The van der Waals surface area contributed by atoms with Gasteiger partial charge in [-0.2, -0.15) is 0 Å². The Hall–Kier alpha value is -6.33. The SMILES string of the molecule is CC(C)(C)c1cccc(N2CN(c3cc(Oc4ccc5c6ccccc6n(-c6cc(C(C)(C)C)ccn6)c5c4)cc(-c4ccccc4)c3)c3ccccc32)c1. The van der Waals surface area contributed by atoms with E-state index < -0.39 is 0 Å². The molecule has 0 unspecified atom stereocenters. The first kappa shape index (κ1) is 34.4. The molecule has 55 heavy (non-hydrogen) atoms. The smallest absolute Gasteiger partial charge is 0.137 e. The Morgan fingerprint density at radius 3 is 1.93 bits per heavy atom. The van der Waals surface area contributed by atoms with Gasteiger partial charge < -0.3 is 14.5 Å². The number of benzene rings is 6. The average Bonchev–Trinajstić information content (AvgIpc) is 3.74. The van der Waals surface area contributed by atoms with Crippen LogP contribution < -0.4 is 14.5 Å². The minimum absolute atomic E-state index is 0.00442. The Bertz CT molecular complexity index is 2700. The summed E-state index contributed by atoms with van der Waals surface area (Å²) in [6.45, 7) is 14.2. The zero-order chi connectivity index (χ0) is 37.9. The van der Waals surface area contributed by atoms with Crippen LogP contribution in [0.2, 0.25) is 0 Å². The van der Waals surface area contributed by atoms with Gasteiger partial charge in [-0.05, 0) is 99.8 Å². The highest BCUT2D eigenvalue weighted by molar-refractivity contribution is 6.09. The van der Waals surface area contributed by atoms with E-state index in [0.717, 1.165) is 56.2 Å². The number of nitrogens with zero attached hydrogens (tertiary/aromatic N) is 4. The van der Waals surface area contributed by atoms with Crippen molar-refractivity contribution in [3.05, 3.63) is 169 Å². The second-order valence-electron chi connectivity index (χ2n) is 16.7. The molecular weight excluding hydrogens is 673 g/mol. The lowest BCUT2D eigenvalue weighted by Crippen LogP contribution is -2.24. The molecule has 2 aromatic heterocycles. The van der Waals surface area contributed by atoms with Crippen molar-refractivity contribution >= 4 is 44.6 Å². The molecule has 5 nitrogen and oxygen atoms in total. The fourth-order valence-corrected chi connectivity index (χ4v) is 7.80. The molecule has 0 amide bonds. The van der Waals surface area contributed by atoms with Gasteiger partial charge >= 0.3 is 0 Å². The summed E-state index contributed by atoms with van der Waals surface area (Å²) in [4.78, 5) is 9.69. The molecule has 5 heteroatoms. The van der Waals surface area contributed by atoms with E-state index in [1.165, 1.54) is 27.9 Å². The molecule has 0 N–H and O–H groups in total. The van der Waals surface area contributed by atoms with Crippen LogP contribution in [0.1, 0.15) is 52.7 Å². The molecule has 0 spiro atoms. The number of rotatable bonds is 6. The van der Waals surface area contributed by atoms with Crippen LogP contribution in [0, 0.1) is 0 Å². The Kier molecular flexibility index (Phi) is 8.27. The quantitative estimate of drug-likeness (QED) is 0.171. The number of aromatic nitrogens is 2. The standard InChI is InChI=1S/C50H46N4O/c1-49(2,3)36-17-14-18-38(29-36)52-33-53(46-22-13-12-21-45(46)52)39-27-35(34-15-8-7-9-16-34)28-41(31-39)55-40-23-24-43-42-19-10-11-20-44(42)54(47(43)32-40)48-30-37(25-26-51-48)50(4,5)6/h7-32H,33H2,1-6H3. The van der Waals surface area contributed by atoms with Gasteiger partial charge in [-0.3, -0.25) is 4.57 Å². The van der Waals surface area contributed by atoms with E-state index in [2.05, 4.69) is 208 Å². The van der Waals surface area contributed by atoms with Crippen molar-refractivity contribution in [2.24, 2.45) is 0 Å². The van der Waals surface area contributed by atoms with Gasteiger partial charge in [0.05, 0.1) is 22.4 Å². The van der Waals surface area contributed by atoms with Gasteiger partial charge in [0.25, 0.3) is 0 Å². The Labute approximate surface area is 324 Å². The molecule has 0 saturated carbocycles. The monoisotopic (exact) mass is 718 g/mol. The lowest BCUT2D eigenvalue weighted by Gasteiger charge is -2.25. The Balaban J connectivity index is 1.15. The highest BCUT2D eigenvalue weighted by Crippen LogP contribution is 2.46. The van der Waals surface area contributed by atoms with Gasteiger partial charge in [-0.25, -0.2) is 4.98 Å². The number of anilines is 4. The van der Waals surface area contributed by atoms with Crippen molar-refractivity contribution in [1.82, 2.24) is 9.55 Å². The summed E-state index contributed by atoms with van der Waals surface area (Å²) >= 11 is 0. The molecule has 0 radical (unpaired) electrons. The van der Waals surface area contributed by atoms with Crippen LogP contribution in [0.15, 0.2) is 158 Å². The minimum atomic E-state index is -0.00442. The third-order valence-corrected chi connectivity index (χ3v) is 10.8. The lowest BCUT2D eigenvalue weighted by molar-refractivity contribution is 0.483. The topological polar surface area (TPSA) is 33.5 Å². The van der Waals surface area contributed by atoms with Gasteiger partial charge in [0.15, 0.2) is 0 Å². The molecule has 3 heterocycles. The van der Waals surface area contributed by atoms with Crippen molar-refractivity contribution in [3.8, 4) is 28.4 Å². The molecule has 1 aliphatic rings. The van der Waals surface area contributed by atoms with Crippen LogP contribution in [0.3, 0.4) is 0 Å². The summed E-state index contributed by atoms with van der Waals surface area (Å²) in [5.41, 5.74) is 11.6. The summed E-state index contributed by atoms with van der Waals surface area (Å²) in [6, 6.07) is 54.1. The predicted molar refractivity (Wildman–Crippen MR) is 230 cm³/mol. The number of hydrogen-bond donors (Lipinski definition) is 0. The van der Waals surface area contributed by atoms with Crippen molar-refractivity contribution < 1.29 is 4.74 Å². The first-order valence-electron chi connectivity index (χ1n) is 19.1. The molecule has 0 aliphatic carbocycles. The van der Waals surface area contributed by atoms with Crippen molar-refractivity contribution in [1.29, 1.82) is 0 Å². The molecule has 0 saturated heterocycles. The van der Waals surface area contributed by atoms with Crippen LogP contribution in [0.5, 0.6) is 11.5 Å². The third kappa shape index (κ3) is 6.40. The fourth-order valence-electron chi connectivity index (χ4n) is 7.80. The first-order chi connectivity index (χ1) is 26.5. The molecule has 0 atom stereocenters.